The summed E-state index contributed by atoms with van der Waals surface area (Å²) in [5, 5.41) is 3.10. The number of ether oxygens (including phenoxy) is 1. The van der Waals surface area contributed by atoms with Crippen LogP contribution in [0.15, 0.2) is 48.5 Å². The van der Waals surface area contributed by atoms with Gasteiger partial charge in [-0.1, -0.05) is 42.0 Å². The highest BCUT2D eigenvalue weighted by Crippen LogP contribution is 2.23. The number of aryl methyl sites for hydroxylation is 1. The molecule has 2 aliphatic heterocycles. The zero-order valence-electron chi connectivity index (χ0n) is 18.3. The van der Waals surface area contributed by atoms with Crippen LogP contribution in [0.1, 0.15) is 36.1 Å². The summed E-state index contributed by atoms with van der Waals surface area (Å²) < 4.78 is 5.41. The highest BCUT2D eigenvalue weighted by Gasteiger charge is 2.34. The molecule has 0 aliphatic carbocycles. The monoisotopic (exact) mass is 421 g/mol. The summed E-state index contributed by atoms with van der Waals surface area (Å²) in [6.45, 7) is 8.39. The minimum atomic E-state index is -0.298. The Balaban J connectivity index is 1.31. The Morgan fingerprint density at radius 3 is 2.45 bits per heavy atom. The van der Waals surface area contributed by atoms with Crippen LogP contribution in [0.2, 0.25) is 0 Å². The average Bonchev–Trinajstić information content (AvgIpc) is 3.16. The molecule has 6 nitrogen and oxygen atoms in total. The van der Waals surface area contributed by atoms with Crippen molar-refractivity contribution >= 4 is 17.5 Å². The fourth-order valence-electron chi connectivity index (χ4n) is 4.22. The van der Waals surface area contributed by atoms with E-state index in [2.05, 4.69) is 34.5 Å². The van der Waals surface area contributed by atoms with Crippen molar-refractivity contribution in [1.29, 1.82) is 0 Å². The number of hydrogen-bond donors (Lipinski definition) is 1. The zero-order chi connectivity index (χ0) is 21.8. The van der Waals surface area contributed by atoms with E-state index in [0.29, 0.717) is 13.1 Å². The van der Waals surface area contributed by atoms with E-state index in [-0.39, 0.29) is 30.2 Å². The topological polar surface area (TPSA) is 61.9 Å². The molecule has 0 bridgehead atoms. The average molecular weight is 422 g/mol. The molecule has 0 radical (unpaired) electrons. The van der Waals surface area contributed by atoms with Crippen molar-refractivity contribution in [3.8, 4) is 0 Å². The summed E-state index contributed by atoms with van der Waals surface area (Å²) in [4.78, 5) is 29.4. The van der Waals surface area contributed by atoms with Crippen molar-refractivity contribution in [2.45, 2.75) is 32.9 Å². The maximum atomic E-state index is 12.8. The van der Waals surface area contributed by atoms with E-state index in [9.17, 15) is 9.59 Å². The lowest BCUT2D eigenvalue weighted by molar-refractivity contribution is -0.129. The van der Waals surface area contributed by atoms with Crippen molar-refractivity contribution in [2.24, 2.45) is 5.92 Å². The smallest absolute Gasteiger partial charge is 0.225 e. The van der Waals surface area contributed by atoms with Gasteiger partial charge in [0.05, 0.1) is 25.2 Å². The van der Waals surface area contributed by atoms with E-state index in [0.717, 1.165) is 37.4 Å². The van der Waals surface area contributed by atoms with Crippen LogP contribution in [0.3, 0.4) is 0 Å². The molecule has 2 amide bonds. The van der Waals surface area contributed by atoms with Crippen LogP contribution in [-0.2, 0) is 20.9 Å². The van der Waals surface area contributed by atoms with Crippen molar-refractivity contribution in [3.05, 3.63) is 65.2 Å². The Hall–Kier alpha value is -2.86. The second-order valence-electron chi connectivity index (χ2n) is 8.58. The molecule has 2 aliphatic rings. The molecule has 2 aromatic rings. The third kappa shape index (κ3) is 5.25. The molecule has 4 rings (SSSR count). The summed E-state index contributed by atoms with van der Waals surface area (Å²) in [6, 6.07) is 16.4. The number of nitrogens with zero attached hydrogens (tertiary/aromatic N) is 2. The van der Waals surface area contributed by atoms with Crippen LogP contribution in [0, 0.1) is 12.8 Å². The van der Waals surface area contributed by atoms with Crippen LogP contribution in [0.5, 0.6) is 0 Å². The van der Waals surface area contributed by atoms with E-state index in [1.807, 2.05) is 38.1 Å². The molecule has 31 heavy (non-hydrogen) atoms. The van der Waals surface area contributed by atoms with Crippen LogP contribution in [-0.4, -0.2) is 49.6 Å². The van der Waals surface area contributed by atoms with Crippen LogP contribution in [0.25, 0.3) is 0 Å². The van der Waals surface area contributed by atoms with Gasteiger partial charge in [-0.2, -0.15) is 0 Å². The number of nitrogens with one attached hydrogen (secondary N) is 1. The molecule has 2 heterocycles. The molecule has 6 heteroatoms. The maximum Gasteiger partial charge on any atom is 0.225 e. The van der Waals surface area contributed by atoms with Gasteiger partial charge in [-0.05, 0) is 37.1 Å². The van der Waals surface area contributed by atoms with Crippen LogP contribution < -0.4 is 10.2 Å². The normalized spacial score (nSPS) is 20.1. The Morgan fingerprint density at radius 2 is 1.77 bits per heavy atom. The molecule has 0 spiro atoms. The third-order valence-electron chi connectivity index (χ3n) is 6.21. The molecule has 2 unspecified atom stereocenters. The second-order valence-corrected chi connectivity index (χ2v) is 8.58. The highest BCUT2D eigenvalue weighted by molar-refractivity contribution is 5.89. The van der Waals surface area contributed by atoms with Gasteiger partial charge in [0, 0.05) is 38.3 Å². The molecule has 2 fully saturated rings. The highest BCUT2D eigenvalue weighted by atomic mass is 16.5. The van der Waals surface area contributed by atoms with E-state index < -0.39 is 0 Å². The quantitative estimate of drug-likeness (QED) is 0.779. The first kappa shape index (κ1) is 21.4. The number of carbonyl (C=O) groups is 2. The van der Waals surface area contributed by atoms with Gasteiger partial charge in [0.15, 0.2) is 0 Å². The molecular formula is C25H31N3O3. The fraction of sp³-hybridized carbons (Fsp3) is 0.440. The number of hydrogen-bond acceptors (Lipinski definition) is 4. The predicted molar refractivity (Wildman–Crippen MR) is 121 cm³/mol. The van der Waals surface area contributed by atoms with Gasteiger partial charge in [-0.15, -0.1) is 0 Å². The van der Waals surface area contributed by atoms with Gasteiger partial charge < -0.3 is 19.9 Å². The Kier molecular flexibility index (Phi) is 6.56. The predicted octanol–water partition coefficient (Wildman–Crippen LogP) is 3.06. The summed E-state index contributed by atoms with van der Waals surface area (Å²) in [7, 11) is 0. The first-order valence-electron chi connectivity index (χ1n) is 11.1. The molecular weight excluding hydrogens is 390 g/mol. The van der Waals surface area contributed by atoms with E-state index in [1.165, 1.54) is 11.3 Å². The minimum Gasteiger partial charge on any atom is -0.378 e. The van der Waals surface area contributed by atoms with Gasteiger partial charge in [0.1, 0.15) is 0 Å². The number of benzene rings is 2. The van der Waals surface area contributed by atoms with E-state index in [1.54, 1.807) is 4.90 Å². The van der Waals surface area contributed by atoms with Gasteiger partial charge in [0.2, 0.25) is 11.8 Å². The number of morpholine rings is 1. The SMILES string of the molecule is Cc1ccc(CN2CC(C(=O)NC(C)c3ccc(N4CCOCC4)cc3)CC2=O)cc1. The molecule has 2 aromatic carbocycles. The molecule has 164 valence electrons. The maximum absolute atomic E-state index is 12.8. The number of amides is 2. The second kappa shape index (κ2) is 9.52. The number of likely N-dealkylation sites (tertiary alicyclic amines) is 1. The van der Waals surface area contributed by atoms with Crippen molar-refractivity contribution in [1.82, 2.24) is 10.2 Å². The molecule has 0 aromatic heterocycles. The zero-order valence-corrected chi connectivity index (χ0v) is 18.3. The standard InChI is InChI=1S/C25H31N3O3/c1-18-3-5-20(6-4-18)16-28-17-22(15-24(28)29)25(30)26-19(2)21-7-9-23(10-8-21)27-11-13-31-14-12-27/h3-10,19,22H,11-17H2,1-2H3,(H,26,30). The lowest BCUT2D eigenvalue weighted by atomic mass is 10.0. The van der Waals surface area contributed by atoms with E-state index in [4.69, 9.17) is 4.74 Å². The van der Waals surface area contributed by atoms with E-state index >= 15 is 0 Å². The summed E-state index contributed by atoms with van der Waals surface area (Å²) >= 11 is 0. The molecule has 2 atom stereocenters. The Labute approximate surface area is 184 Å². The first-order chi connectivity index (χ1) is 15.0. The lowest BCUT2D eigenvalue weighted by Crippen LogP contribution is -2.36. The van der Waals surface area contributed by atoms with Gasteiger partial charge in [-0.25, -0.2) is 0 Å². The van der Waals surface area contributed by atoms with Crippen LogP contribution in [0.4, 0.5) is 5.69 Å². The Bertz CT molecular complexity index is 905. The minimum absolute atomic E-state index is 0.0447. The largest absolute Gasteiger partial charge is 0.378 e. The van der Waals surface area contributed by atoms with Crippen LogP contribution >= 0.6 is 0 Å². The summed E-state index contributed by atoms with van der Waals surface area (Å²) in [6.07, 6.45) is 0.278. The lowest BCUT2D eigenvalue weighted by Gasteiger charge is -2.29. The first-order valence-corrected chi connectivity index (χ1v) is 11.1. The van der Waals surface area contributed by atoms with Crippen molar-refractivity contribution < 1.29 is 14.3 Å². The Morgan fingerprint density at radius 1 is 1.10 bits per heavy atom. The fourth-order valence-corrected chi connectivity index (χ4v) is 4.22. The molecule has 2 saturated heterocycles. The number of anilines is 1. The molecule has 1 N–H and O–H groups in total. The summed E-state index contributed by atoms with van der Waals surface area (Å²) in [5.41, 5.74) is 4.53. The van der Waals surface area contributed by atoms with Crippen molar-refractivity contribution in [3.63, 3.8) is 0 Å². The number of rotatable bonds is 6. The van der Waals surface area contributed by atoms with Gasteiger partial charge >= 0.3 is 0 Å². The number of carbonyl (C=O) groups excluding carboxylic acids is 2. The third-order valence-corrected chi connectivity index (χ3v) is 6.21. The summed E-state index contributed by atoms with van der Waals surface area (Å²) in [5.74, 6) is -0.305. The molecule has 0 saturated carbocycles. The van der Waals surface area contributed by atoms with Gasteiger partial charge in [-0.3, -0.25) is 9.59 Å². The van der Waals surface area contributed by atoms with Gasteiger partial charge in [0.25, 0.3) is 0 Å². The van der Waals surface area contributed by atoms with Crippen molar-refractivity contribution in [2.75, 3.05) is 37.7 Å².